The van der Waals surface area contributed by atoms with Crippen LogP contribution in [0, 0.1) is 25.7 Å². The van der Waals surface area contributed by atoms with E-state index in [0.717, 1.165) is 44.5 Å². The number of benzene rings is 4. The first kappa shape index (κ1) is 28.7. The summed E-state index contributed by atoms with van der Waals surface area (Å²) in [5.41, 5.74) is 9.22. The summed E-state index contributed by atoms with van der Waals surface area (Å²) in [6, 6.07) is 24.0. The zero-order chi connectivity index (χ0) is 31.7. The predicted molar refractivity (Wildman–Crippen MR) is 187 cm³/mol. The third-order valence-electron chi connectivity index (χ3n) is 9.25. The average Bonchev–Trinajstić information content (AvgIpc) is 3.09. The minimum Gasteiger partial charge on any atom is -0.457 e. The zero-order valence-electron chi connectivity index (χ0n) is 25.2. The topological polar surface area (TPSA) is 68.3 Å². The maximum atomic E-state index is 13.3. The fourth-order valence-electron chi connectivity index (χ4n) is 6.86. The Morgan fingerprint density at radius 1 is 0.478 bits per heavy atom. The lowest BCUT2D eigenvalue weighted by Gasteiger charge is -2.30. The molecule has 0 bridgehead atoms. The van der Waals surface area contributed by atoms with Crippen LogP contribution in [0.5, 0.6) is 0 Å². The molecule has 2 aliphatic heterocycles. The number of aryl methyl sites for hydroxylation is 2. The Kier molecular flexibility index (Phi) is 6.82. The largest absolute Gasteiger partial charge is 0.457 e. The number of Topliss-reactive ketones (excluding diaryl/α,β-unsaturated/α-hetero) is 2. The highest BCUT2D eigenvalue weighted by Gasteiger charge is 2.26. The minimum atomic E-state index is -1.35. The molecule has 0 fully saturated rings. The van der Waals surface area contributed by atoms with Crippen LogP contribution in [0.4, 0.5) is 0 Å². The van der Waals surface area contributed by atoms with Gasteiger partial charge in [0.25, 0.3) is 0 Å². The van der Waals surface area contributed by atoms with E-state index in [4.69, 9.17) is 0 Å². The Hall–Kier alpha value is -4.78. The van der Waals surface area contributed by atoms with Crippen molar-refractivity contribution >= 4 is 42.1 Å². The maximum absolute atomic E-state index is 13.3. The van der Waals surface area contributed by atoms with Crippen LogP contribution in [-0.4, -0.2) is 21.3 Å². The highest BCUT2D eigenvalue weighted by Crippen LogP contribution is 2.36. The van der Waals surface area contributed by atoms with Gasteiger partial charge in [0.15, 0.2) is 11.6 Å². The number of carbonyl (C=O) groups excluding carboxylic acids is 2. The molecule has 2 atom stereocenters. The minimum absolute atomic E-state index is 0.0143. The molecule has 0 saturated heterocycles. The highest BCUT2D eigenvalue weighted by atomic mass is 32.2. The number of hydrogen-bond donors (Lipinski definition) is 0. The van der Waals surface area contributed by atoms with E-state index >= 15 is 0 Å². The van der Waals surface area contributed by atoms with Gasteiger partial charge in [0.05, 0.1) is 0 Å². The number of carbonyl (C=O) groups is 2. The number of allylic oxidation sites excluding steroid dienone is 8. The van der Waals surface area contributed by atoms with Gasteiger partial charge >= 0.3 is 0 Å². The lowest BCUT2D eigenvalue weighted by Crippen LogP contribution is -2.29. The van der Waals surface area contributed by atoms with Gasteiger partial charge in [-0.15, -0.1) is 19.5 Å². The first-order valence-electron chi connectivity index (χ1n) is 15.2. The number of fused-ring (bicyclic) bond motifs is 4. The standard InChI is InChI=1S/C40H28O4S2/c1-23-19-25(11-15-29(23)27-13-17-37-33(21-27)39(41)31-7-3-5-9-35(31)45(37)43)26-12-16-30(24(2)20-26)28-14-18-38-34(22-28)40(42)32-8-4-6-10-36(32)46(38)44/h3-22,31-32H,1-2H3/q-2. The van der Waals surface area contributed by atoms with Crippen molar-refractivity contribution < 1.29 is 18.0 Å². The molecule has 2 heterocycles. The molecule has 2 unspecified atom stereocenters. The third-order valence-corrected chi connectivity index (χ3v) is 12.4. The molecule has 4 aromatic carbocycles. The second-order valence-corrected chi connectivity index (χ2v) is 14.9. The molecule has 6 heteroatoms. The quantitative estimate of drug-likeness (QED) is 0.168. The van der Waals surface area contributed by atoms with Gasteiger partial charge in [-0.1, -0.05) is 109 Å². The molecule has 0 spiro atoms. The molecular formula is C40H28O4S2-2. The van der Waals surface area contributed by atoms with Crippen molar-refractivity contribution in [1.29, 1.82) is 0 Å². The lowest BCUT2D eigenvalue weighted by atomic mass is 9.88. The molecule has 0 radical (unpaired) electrons. The first-order valence-corrected chi connectivity index (χ1v) is 17.5. The fraction of sp³-hybridized carbons (Fsp3) is 0.100. The molecule has 4 aliphatic rings. The van der Waals surface area contributed by atoms with Gasteiger partial charge in [-0.25, -0.2) is 20.8 Å². The highest BCUT2D eigenvalue weighted by molar-refractivity contribution is 7.86. The van der Waals surface area contributed by atoms with Crippen molar-refractivity contribution in [3.05, 3.63) is 144 Å². The van der Waals surface area contributed by atoms with E-state index in [1.807, 2.05) is 72.9 Å². The van der Waals surface area contributed by atoms with E-state index in [2.05, 4.69) is 50.2 Å². The molecule has 8 rings (SSSR count). The molecule has 46 heavy (non-hydrogen) atoms. The molecule has 226 valence electrons. The number of rotatable bonds is 3. The van der Waals surface area contributed by atoms with Gasteiger partial charge in [-0.05, 0) is 70.5 Å². The van der Waals surface area contributed by atoms with Crippen LogP contribution in [0.1, 0.15) is 31.8 Å². The summed E-state index contributed by atoms with van der Waals surface area (Å²) < 4.78 is 26.4. The molecule has 4 aromatic rings. The Bertz CT molecular complexity index is 2200. The van der Waals surface area contributed by atoms with Gasteiger partial charge in [0.2, 0.25) is 0 Å². The van der Waals surface area contributed by atoms with E-state index in [1.165, 1.54) is 0 Å². The average molecular weight is 637 g/mol. The molecule has 0 N–H and O–H groups in total. The Labute approximate surface area is 271 Å². The van der Waals surface area contributed by atoms with Gasteiger partial charge in [-0.3, -0.25) is 9.59 Å². The maximum Gasteiger partial charge on any atom is 0.170 e. The predicted octanol–water partition coefficient (Wildman–Crippen LogP) is 8.17. The van der Waals surface area contributed by atoms with Crippen LogP contribution in [0.15, 0.2) is 131 Å². The van der Waals surface area contributed by atoms with E-state index < -0.39 is 32.6 Å². The summed E-state index contributed by atoms with van der Waals surface area (Å²) in [7, 11) is -2.71. The molecular weight excluding hydrogens is 609 g/mol. The Balaban J connectivity index is 1.10. The van der Waals surface area contributed by atoms with Crippen molar-refractivity contribution in [2.45, 2.75) is 23.6 Å². The molecule has 0 saturated carbocycles. The third kappa shape index (κ3) is 4.47. The van der Waals surface area contributed by atoms with Crippen LogP contribution in [0.25, 0.3) is 33.4 Å². The van der Waals surface area contributed by atoms with Gasteiger partial charge in [-0.2, -0.15) is 0 Å². The summed E-state index contributed by atoms with van der Waals surface area (Å²) in [5, 5.41) is 0. The molecule has 0 aromatic heterocycles. The van der Waals surface area contributed by atoms with Crippen LogP contribution >= 0.6 is 0 Å². The van der Waals surface area contributed by atoms with Crippen LogP contribution in [0.3, 0.4) is 0 Å². The van der Waals surface area contributed by atoms with Crippen molar-refractivity contribution in [2.24, 2.45) is 11.8 Å². The Morgan fingerprint density at radius 3 is 1.30 bits per heavy atom. The monoisotopic (exact) mass is 636 g/mol. The van der Waals surface area contributed by atoms with Crippen molar-refractivity contribution in [3.63, 3.8) is 0 Å². The van der Waals surface area contributed by atoms with Crippen LogP contribution < -0.4 is 0 Å². The molecule has 2 aliphatic carbocycles. The second-order valence-electron chi connectivity index (χ2n) is 12.0. The summed E-state index contributed by atoms with van der Waals surface area (Å²) in [6.45, 7) is 4.13. The zero-order valence-corrected chi connectivity index (χ0v) is 26.8. The summed E-state index contributed by atoms with van der Waals surface area (Å²) >= 11 is 0. The van der Waals surface area contributed by atoms with Gasteiger partial charge < -0.3 is 8.42 Å². The van der Waals surface area contributed by atoms with Crippen molar-refractivity contribution in [3.8, 4) is 33.4 Å². The van der Waals surface area contributed by atoms with Gasteiger partial charge in [0, 0.05) is 23.0 Å². The normalized spacial score (nSPS) is 20.0. The second kappa shape index (κ2) is 10.9. The first-order chi connectivity index (χ1) is 22.3. The van der Waals surface area contributed by atoms with Gasteiger partial charge in [0.1, 0.15) is 0 Å². The van der Waals surface area contributed by atoms with E-state index in [0.29, 0.717) is 30.6 Å². The van der Waals surface area contributed by atoms with E-state index in [-0.39, 0.29) is 11.6 Å². The molecule has 0 amide bonds. The van der Waals surface area contributed by atoms with E-state index in [1.54, 1.807) is 12.2 Å². The van der Waals surface area contributed by atoms with Crippen molar-refractivity contribution in [1.82, 2.24) is 0 Å². The number of hydrogen-bond acceptors (Lipinski definition) is 6. The fourth-order valence-corrected chi connectivity index (χ4v) is 9.71. The smallest absolute Gasteiger partial charge is 0.170 e. The van der Waals surface area contributed by atoms with Crippen molar-refractivity contribution in [2.75, 3.05) is 0 Å². The summed E-state index contributed by atoms with van der Waals surface area (Å²) in [4.78, 5) is 29.1. The number of ketones is 2. The van der Waals surface area contributed by atoms with Crippen LogP contribution in [-0.2, 0) is 29.2 Å². The Morgan fingerprint density at radius 2 is 0.891 bits per heavy atom. The summed E-state index contributed by atoms with van der Waals surface area (Å²) in [5.74, 6) is -0.960. The van der Waals surface area contributed by atoms with E-state index in [9.17, 15) is 18.0 Å². The lowest BCUT2D eigenvalue weighted by molar-refractivity contribution is 0.0961. The molecule has 4 nitrogen and oxygen atoms in total. The van der Waals surface area contributed by atoms with Crippen LogP contribution in [0.2, 0.25) is 0 Å². The summed E-state index contributed by atoms with van der Waals surface area (Å²) in [6.07, 6.45) is 14.6. The SMILES string of the molecule is Cc1cc(-c2ccc(-c3ccc4c(c3)C(=O)C3C=CC=CC3=[S-]4=O)c(C)c2)ccc1-c1ccc2c(c1)C(=O)C1C=CC=CC1=[S-]2=O.